The van der Waals surface area contributed by atoms with E-state index in [0.717, 1.165) is 0 Å². The van der Waals surface area contributed by atoms with Crippen LogP contribution >= 0.6 is 11.6 Å². The maximum atomic E-state index is 11.2. The van der Waals surface area contributed by atoms with Gasteiger partial charge in [-0.3, -0.25) is 4.79 Å². The highest BCUT2D eigenvalue weighted by atomic mass is 35.5. The number of carboxylic acids is 1. The van der Waals surface area contributed by atoms with E-state index in [2.05, 4.69) is 10.3 Å². The minimum atomic E-state index is -1.16. The molecule has 2 N–H and O–H groups in total. The predicted octanol–water partition coefficient (Wildman–Crippen LogP) is 0.760. The Kier molecular flexibility index (Phi) is 3.66. The first-order valence-corrected chi connectivity index (χ1v) is 5.87. The van der Waals surface area contributed by atoms with Gasteiger partial charge in [0.05, 0.1) is 5.02 Å². The standard InChI is InChI=1S/C11H12ClN3O3/c12-7-1-2-8(14-10(7)11(17)18)15-5-3-9(16)13-4-6-15/h1-2H,3-6H2,(H,13,16)(H,17,18). The van der Waals surface area contributed by atoms with Crippen molar-refractivity contribution in [1.82, 2.24) is 10.3 Å². The van der Waals surface area contributed by atoms with E-state index in [-0.39, 0.29) is 16.6 Å². The Labute approximate surface area is 109 Å². The molecule has 2 rings (SSSR count). The van der Waals surface area contributed by atoms with Gasteiger partial charge in [0.25, 0.3) is 0 Å². The Morgan fingerprint density at radius 1 is 1.44 bits per heavy atom. The maximum absolute atomic E-state index is 11.2. The number of hydrogen-bond donors (Lipinski definition) is 2. The van der Waals surface area contributed by atoms with Crippen LogP contribution in [0.4, 0.5) is 5.82 Å². The molecule has 1 fully saturated rings. The molecule has 18 heavy (non-hydrogen) atoms. The number of nitrogens with one attached hydrogen (secondary N) is 1. The molecule has 1 aliphatic rings. The summed E-state index contributed by atoms with van der Waals surface area (Å²) in [5.41, 5.74) is -0.169. The Bertz CT molecular complexity index is 492. The Hall–Kier alpha value is -1.82. The number of halogens is 1. The summed E-state index contributed by atoms with van der Waals surface area (Å²) in [6.45, 7) is 1.63. The third kappa shape index (κ3) is 2.70. The van der Waals surface area contributed by atoms with Crippen LogP contribution in [0.1, 0.15) is 16.9 Å². The molecule has 0 saturated carbocycles. The number of hydrogen-bond acceptors (Lipinski definition) is 4. The topological polar surface area (TPSA) is 82.5 Å². The number of amides is 1. The van der Waals surface area contributed by atoms with Gasteiger partial charge in [-0.05, 0) is 12.1 Å². The molecule has 0 radical (unpaired) electrons. The monoisotopic (exact) mass is 269 g/mol. The molecule has 96 valence electrons. The number of anilines is 1. The molecule has 1 aromatic rings. The van der Waals surface area contributed by atoms with Gasteiger partial charge in [-0.15, -0.1) is 0 Å². The van der Waals surface area contributed by atoms with E-state index in [1.165, 1.54) is 6.07 Å². The Morgan fingerprint density at radius 3 is 2.94 bits per heavy atom. The number of pyridine rings is 1. The predicted molar refractivity (Wildman–Crippen MR) is 66.0 cm³/mol. The normalized spacial score (nSPS) is 16.1. The molecular formula is C11H12ClN3O3. The summed E-state index contributed by atoms with van der Waals surface area (Å²) in [4.78, 5) is 28.0. The number of carboxylic acid groups (broad SMARTS) is 1. The first-order chi connectivity index (χ1) is 8.58. The highest BCUT2D eigenvalue weighted by molar-refractivity contribution is 6.33. The highest BCUT2D eigenvalue weighted by Crippen LogP contribution is 2.19. The molecule has 1 saturated heterocycles. The smallest absolute Gasteiger partial charge is 0.356 e. The van der Waals surface area contributed by atoms with Gasteiger partial charge in [0, 0.05) is 26.1 Å². The van der Waals surface area contributed by atoms with Gasteiger partial charge >= 0.3 is 5.97 Å². The summed E-state index contributed by atoms with van der Waals surface area (Å²) >= 11 is 5.76. The lowest BCUT2D eigenvalue weighted by Gasteiger charge is -2.20. The largest absolute Gasteiger partial charge is 0.476 e. The maximum Gasteiger partial charge on any atom is 0.356 e. The van der Waals surface area contributed by atoms with Gasteiger partial charge in [0.1, 0.15) is 5.82 Å². The van der Waals surface area contributed by atoms with Crippen LogP contribution in [-0.2, 0) is 4.79 Å². The minimum Gasteiger partial charge on any atom is -0.476 e. The van der Waals surface area contributed by atoms with E-state index < -0.39 is 5.97 Å². The second-order valence-corrected chi connectivity index (χ2v) is 4.30. The van der Waals surface area contributed by atoms with Crippen LogP contribution in [0.2, 0.25) is 5.02 Å². The zero-order valence-electron chi connectivity index (χ0n) is 9.52. The molecule has 1 amide bonds. The van der Waals surface area contributed by atoms with E-state index in [9.17, 15) is 9.59 Å². The van der Waals surface area contributed by atoms with Crippen molar-refractivity contribution < 1.29 is 14.7 Å². The molecular weight excluding hydrogens is 258 g/mol. The first kappa shape index (κ1) is 12.6. The zero-order chi connectivity index (χ0) is 13.1. The second kappa shape index (κ2) is 5.22. The van der Waals surface area contributed by atoms with Crippen molar-refractivity contribution in [2.75, 3.05) is 24.5 Å². The molecule has 6 nitrogen and oxygen atoms in total. The molecule has 0 aromatic carbocycles. The van der Waals surface area contributed by atoms with Crippen molar-refractivity contribution in [2.45, 2.75) is 6.42 Å². The molecule has 1 aromatic heterocycles. The fourth-order valence-electron chi connectivity index (χ4n) is 1.75. The van der Waals surface area contributed by atoms with E-state index in [1.54, 1.807) is 6.07 Å². The van der Waals surface area contributed by atoms with Crippen LogP contribution in [0.15, 0.2) is 12.1 Å². The van der Waals surface area contributed by atoms with E-state index in [4.69, 9.17) is 16.7 Å². The third-order valence-corrected chi connectivity index (χ3v) is 2.98. The first-order valence-electron chi connectivity index (χ1n) is 5.49. The number of carbonyl (C=O) groups is 2. The average Bonchev–Trinajstić information content (AvgIpc) is 2.54. The number of aromatic nitrogens is 1. The zero-order valence-corrected chi connectivity index (χ0v) is 10.3. The van der Waals surface area contributed by atoms with Gasteiger partial charge in [-0.2, -0.15) is 0 Å². The fourth-order valence-corrected chi connectivity index (χ4v) is 1.94. The molecule has 2 heterocycles. The quantitative estimate of drug-likeness (QED) is 0.828. The minimum absolute atomic E-state index is 0.00933. The Morgan fingerprint density at radius 2 is 2.22 bits per heavy atom. The molecule has 1 aliphatic heterocycles. The lowest BCUT2D eigenvalue weighted by molar-refractivity contribution is -0.120. The lowest BCUT2D eigenvalue weighted by atomic mass is 10.3. The highest BCUT2D eigenvalue weighted by Gasteiger charge is 2.18. The van der Waals surface area contributed by atoms with Crippen LogP contribution < -0.4 is 10.2 Å². The lowest BCUT2D eigenvalue weighted by Crippen LogP contribution is -2.29. The summed E-state index contributed by atoms with van der Waals surface area (Å²) in [6.07, 6.45) is 0.368. The van der Waals surface area contributed by atoms with Crippen molar-refractivity contribution in [3.8, 4) is 0 Å². The van der Waals surface area contributed by atoms with E-state index in [1.807, 2.05) is 4.90 Å². The number of rotatable bonds is 2. The molecule has 0 atom stereocenters. The van der Waals surface area contributed by atoms with Gasteiger partial charge in [0.2, 0.25) is 5.91 Å². The van der Waals surface area contributed by atoms with Crippen molar-refractivity contribution in [3.05, 3.63) is 22.8 Å². The van der Waals surface area contributed by atoms with Crippen LogP contribution in [0.5, 0.6) is 0 Å². The third-order valence-electron chi connectivity index (χ3n) is 2.67. The van der Waals surface area contributed by atoms with Crippen molar-refractivity contribution in [1.29, 1.82) is 0 Å². The summed E-state index contributed by atoms with van der Waals surface area (Å²) in [6, 6.07) is 3.16. The molecule has 0 spiro atoms. The van der Waals surface area contributed by atoms with Crippen molar-refractivity contribution in [3.63, 3.8) is 0 Å². The van der Waals surface area contributed by atoms with Gasteiger partial charge < -0.3 is 15.3 Å². The van der Waals surface area contributed by atoms with Crippen molar-refractivity contribution in [2.24, 2.45) is 0 Å². The number of aromatic carboxylic acids is 1. The number of nitrogens with zero attached hydrogens (tertiary/aromatic N) is 2. The molecule has 0 bridgehead atoms. The average molecular weight is 270 g/mol. The summed E-state index contributed by atoms with van der Waals surface area (Å²) in [5.74, 6) is -0.649. The summed E-state index contributed by atoms with van der Waals surface area (Å²) in [5, 5.41) is 11.8. The SMILES string of the molecule is O=C1CCN(c2ccc(Cl)c(C(=O)O)n2)CCN1. The fraction of sp³-hybridized carbons (Fsp3) is 0.364. The van der Waals surface area contributed by atoms with Gasteiger partial charge in [-0.1, -0.05) is 11.6 Å². The summed E-state index contributed by atoms with van der Waals surface area (Å²) < 4.78 is 0. The van der Waals surface area contributed by atoms with Crippen LogP contribution in [0, 0.1) is 0 Å². The Balaban J connectivity index is 2.25. The van der Waals surface area contributed by atoms with E-state index in [0.29, 0.717) is 31.9 Å². The van der Waals surface area contributed by atoms with Gasteiger partial charge in [0.15, 0.2) is 5.69 Å². The molecule has 0 aliphatic carbocycles. The second-order valence-electron chi connectivity index (χ2n) is 3.89. The molecule has 7 heteroatoms. The van der Waals surface area contributed by atoms with Gasteiger partial charge in [-0.25, -0.2) is 9.78 Å². The summed E-state index contributed by atoms with van der Waals surface area (Å²) in [7, 11) is 0. The van der Waals surface area contributed by atoms with Crippen molar-refractivity contribution >= 4 is 29.3 Å². The van der Waals surface area contributed by atoms with Crippen LogP contribution in [0.3, 0.4) is 0 Å². The molecule has 0 unspecified atom stereocenters. The van der Waals surface area contributed by atoms with Crippen LogP contribution in [0.25, 0.3) is 0 Å². The van der Waals surface area contributed by atoms with Crippen LogP contribution in [-0.4, -0.2) is 41.6 Å². The van der Waals surface area contributed by atoms with E-state index >= 15 is 0 Å². The number of carbonyl (C=O) groups excluding carboxylic acids is 1.